The average Bonchev–Trinajstić information content (AvgIpc) is 2.52. The van der Waals surface area contributed by atoms with E-state index >= 15 is 0 Å². The molecular weight excluding hydrogens is 278 g/mol. The van der Waals surface area contributed by atoms with Gasteiger partial charge in [0.05, 0.1) is 0 Å². The predicted octanol–water partition coefficient (Wildman–Crippen LogP) is 2.21. The molecule has 0 bridgehead atoms. The number of nitrogens with two attached hydrogens (primary N) is 1. The second-order valence-corrected chi connectivity index (χ2v) is 5.27. The van der Waals surface area contributed by atoms with Gasteiger partial charge in [-0.15, -0.1) is 0 Å². The van der Waals surface area contributed by atoms with E-state index in [2.05, 4.69) is 5.32 Å². The number of aromatic nitrogens is 1. The van der Waals surface area contributed by atoms with Crippen LogP contribution in [0.3, 0.4) is 0 Å². The first-order chi connectivity index (χ1) is 10.5. The third kappa shape index (κ3) is 3.62. The van der Waals surface area contributed by atoms with Crippen molar-refractivity contribution in [2.45, 2.75) is 32.9 Å². The lowest BCUT2D eigenvalue weighted by atomic mass is 10.1. The number of pyridine rings is 1. The summed E-state index contributed by atoms with van der Waals surface area (Å²) in [7, 11) is 0. The van der Waals surface area contributed by atoms with E-state index < -0.39 is 6.04 Å². The Hall–Kier alpha value is -2.40. The molecule has 3 N–H and O–H groups in total. The number of anilines is 1. The van der Waals surface area contributed by atoms with Crippen LogP contribution in [0, 0.1) is 6.92 Å². The van der Waals surface area contributed by atoms with Crippen LogP contribution >= 0.6 is 0 Å². The van der Waals surface area contributed by atoms with Crippen molar-refractivity contribution in [2.75, 3.05) is 5.32 Å². The van der Waals surface area contributed by atoms with E-state index in [1.165, 1.54) is 10.6 Å². The van der Waals surface area contributed by atoms with Crippen LogP contribution in [0.1, 0.15) is 30.5 Å². The second kappa shape index (κ2) is 7.04. The van der Waals surface area contributed by atoms with Crippen molar-refractivity contribution in [1.29, 1.82) is 0 Å². The fourth-order valence-corrected chi connectivity index (χ4v) is 2.32. The number of hydrogen-bond acceptors (Lipinski definition) is 3. The normalized spacial score (nSPS) is 12.0. The Balaban J connectivity index is 2.21. The van der Waals surface area contributed by atoms with Gasteiger partial charge < -0.3 is 15.6 Å². The predicted molar refractivity (Wildman–Crippen MR) is 87.7 cm³/mol. The maximum atomic E-state index is 12.5. The first-order valence-electron chi connectivity index (χ1n) is 7.33. The first-order valence-corrected chi connectivity index (χ1v) is 7.33. The Morgan fingerprint density at radius 1 is 1.23 bits per heavy atom. The molecule has 0 saturated heterocycles. The molecule has 1 amide bonds. The number of carbonyl (C=O) groups is 1. The van der Waals surface area contributed by atoms with E-state index in [1.807, 2.05) is 38.1 Å². The lowest BCUT2D eigenvalue weighted by Gasteiger charge is -2.18. The molecule has 1 heterocycles. The van der Waals surface area contributed by atoms with E-state index in [1.54, 1.807) is 12.3 Å². The minimum Gasteiger partial charge on any atom is -0.326 e. The zero-order valence-electron chi connectivity index (χ0n) is 12.9. The first kappa shape index (κ1) is 16.0. The van der Waals surface area contributed by atoms with Crippen LogP contribution in [0.4, 0.5) is 5.69 Å². The molecule has 1 unspecified atom stereocenters. The summed E-state index contributed by atoms with van der Waals surface area (Å²) >= 11 is 0. The molecule has 1 aromatic carbocycles. The minimum atomic E-state index is -0.526. The van der Waals surface area contributed by atoms with Crippen molar-refractivity contribution in [2.24, 2.45) is 5.73 Å². The highest BCUT2D eigenvalue weighted by Gasteiger charge is 2.19. The Morgan fingerprint density at radius 2 is 1.91 bits per heavy atom. The highest BCUT2D eigenvalue weighted by atomic mass is 16.2. The van der Waals surface area contributed by atoms with Crippen molar-refractivity contribution in [3.63, 3.8) is 0 Å². The third-order valence-corrected chi connectivity index (χ3v) is 3.57. The number of rotatable bonds is 5. The summed E-state index contributed by atoms with van der Waals surface area (Å²) in [6, 6.07) is 10.1. The van der Waals surface area contributed by atoms with Gasteiger partial charge in [-0.1, -0.05) is 25.1 Å². The van der Waals surface area contributed by atoms with Gasteiger partial charge in [-0.25, -0.2) is 0 Å². The molecule has 2 rings (SSSR count). The van der Waals surface area contributed by atoms with E-state index in [-0.39, 0.29) is 11.5 Å². The molecule has 22 heavy (non-hydrogen) atoms. The van der Waals surface area contributed by atoms with Gasteiger partial charge in [0.15, 0.2) is 0 Å². The van der Waals surface area contributed by atoms with E-state index in [0.717, 1.165) is 11.1 Å². The van der Waals surface area contributed by atoms with Crippen LogP contribution in [0.15, 0.2) is 47.4 Å². The fraction of sp³-hybridized carbons (Fsp3) is 0.294. The summed E-state index contributed by atoms with van der Waals surface area (Å²) in [5.41, 5.74) is 8.02. The van der Waals surface area contributed by atoms with Gasteiger partial charge >= 0.3 is 0 Å². The van der Waals surface area contributed by atoms with Crippen LogP contribution in [-0.4, -0.2) is 10.5 Å². The summed E-state index contributed by atoms with van der Waals surface area (Å²) in [5.74, 6) is -0.198. The summed E-state index contributed by atoms with van der Waals surface area (Å²) in [4.78, 5) is 24.4. The summed E-state index contributed by atoms with van der Waals surface area (Å²) in [6.07, 6.45) is 2.25. The molecule has 0 radical (unpaired) electrons. The molecule has 0 spiro atoms. The average molecular weight is 299 g/mol. The maximum Gasteiger partial charge on any atom is 0.251 e. The number of carbonyl (C=O) groups excluding carboxylic acids is 1. The molecule has 0 aliphatic rings. The molecule has 1 aromatic heterocycles. The molecule has 116 valence electrons. The lowest BCUT2D eigenvalue weighted by molar-refractivity contribution is -0.119. The molecular formula is C17H21N3O2. The van der Waals surface area contributed by atoms with Crippen LogP contribution in [-0.2, 0) is 11.3 Å². The standard InChI is InChI=1S/C17H21N3O2/c1-3-15(20-11-12(2)4-9-16(20)21)17(22)19-14-7-5-13(10-18)6-8-14/h4-9,11,15H,3,10,18H2,1-2H3,(H,19,22). The largest absolute Gasteiger partial charge is 0.326 e. The Morgan fingerprint density at radius 3 is 2.50 bits per heavy atom. The van der Waals surface area contributed by atoms with Crippen molar-refractivity contribution in [3.05, 3.63) is 64.1 Å². The Kier molecular flexibility index (Phi) is 5.12. The molecule has 5 nitrogen and oxygen atoms in total. The van der Waals surface area contributed by atoms with Gasteiger partial charge in [-0.05, 0) is 36.6 Å². The Labute approximate surface area is 129 Å². The van der Waals surface area contributed by atoms with Crippen molar-refractivity contribution < 1.29 is 4.79 Å². The van der Waals surface area contributed by atoms with Crippen molar-refractivity contribution in [1.82, 2.24) is 4.57 Å². The van der Waals surface area contributed by atoms with Crippen molar-refractivity contribution in [3.8, 4) is 0 Å². The number of nitrogens with zero attached hydrogens (tertiary/aromatic N) is 1. The maximum absolute atomic E-state index is 12.5. The van der Waals surface area contributed by atoms with Crippen LogP contribution in [0.25, 0.3) is 0 Å². The van der Waals surface area contributed by atoms with Crippen molar-refractivity contribution >= 4 is 11.6 Å². The van der Waals surface area contributed by atoms with Gasteiger partial charge in [0.25, 0.3) is 5.56 Å². The minimum absolute atomic E-state index is 0.175. The second-order valence-electron chi connectivity index (χ2n) is 5.27. The molecule has 0 aliphatic heterocycles. The van der Waals surface area contributed by atoms with E-state index in [4.69, 9.17) is 5.73 Å². The van der Waals surface area contributed by atoms with E-state index in [0.29, 0.717) is 18.7 Å². The number of amides is 1. The molecule has 0 aliphatic carbocycles. The summed E-state index contributed by atoms with van der Waals surface area (Å²) in [6.45, 7) is 4.24. The van der Waals surface area contributed by atoms with Gasteiger partial charge in [0.1, 0.15) is 6.04 Å². The highest BCUT2D eigenvalue weighted by Crippen LogP contribution is 2.15. The SMILES string of the molecule is CCC(C(=O)Nc1ccc(CN)cc1)n1cc(C)ccc1=O. The van der Waals surface area contributed by atoms with Gasteiger partial charge in [-0.3, -0.25) is 9.59 Å². The monoisotopic (exact) mass is 299 g/mol. The highest BCUT2D eigenvalue weighted by molar-refractivity contribution is 5.93. The third-order valence-electron chi connectivity index (χ3n) is 3.57. The van der Waals surface area contributed by atoms with E-state index in [9.17, 15) is 9.59 Å². The molecule has 5 heteroatoms. The van der Waals surface area contributed by atoms with Gasteiger partial charge in [-0.2, -0.15) is 0 Å². The molecule has 2 aromatic rings. The molecule has 1 atom stereocenters. The van der Waals surface area contributed by atoms with Gasteiger partial charge in [0, 0.05) is 24.5 Å². The Bertz CT molecular complexity index is 705. The van der Waals surface area contributed by atoms with Crippen LogP contribution in [0.2, 0.25) is 0 Å². The zero-order chi connectivity index (χ0) is 16.1. The van der Waals surface area contributed by atoms with Crippen LogP contribution < -0.4 is 16.6 Å². The smallest absolute Gasteiger partial charge is 0.251 e. The van der Waals surface area contributed by atoms with Gasteiger partial charge in [0.2, 0.25) is 5.91 Å². The number of hydrogen-bond donors (Lipinski definition) is 2. The zero-order valence-corrected chi connectivity index (χ0v) is 12.9. The topological polar surface area (TPSA) is 77.1 Å². The quantitative estimate of drug-likeness (QED) is 0.888. The molecule has 0 saturated carbocycles. The number of aryl methyl sites for hydroxylation is 1. The number of benzene rings is 1. The summed E-state index contributed by atoms with van der Waals surface area (Å²) in [5, 5.41) is 2.85. The number of nitrogens with one attached hydrogen (secondary N) is 1. The van der Waals surface area contributed by atoms with Crippen LogP contribution in [0.5, 0.6) is 0 Å². The lowest BCUT2D eigenvalue weighted by Crippen LogP contribution is -2.32. The molecule has 0 fully saturated rings. The fourth-order valence-electron chi connectivity index (χ4n) is 2.32. The summed E-state index contributed by atoms with van der Waals surface area (Å²) < 4.78 is 1.49.